The van der Waals surface area contributed by atoms with E-state index in [0.29, 0.717) is 0 Å². The highest BCUT2D eigenvalue weighted by Crippen LogP contribution is 2.28. The quantitative estimate of drug-likeness (QED) is 0.773. The van der Waals surface area contributed by atoms with Gasteiger partial charge >= 0.3 is 0 Å². The van der Waals surface area contributed by atoms with E-state index in [9.17, 15) is 5.11 Å². The second-order valence-electron chi connectivity index (χ2n) is 3.40. The standard InChI is InChI=1S/C13H13NO2/c1-16-14-13-5-3-2-4-12(13)10-6-8-11(15)9-7-10/h2-9,14-15H,1H3. The van der Waals surface area contributed by atoms with Crippen molar-refractivity contribution in [3.05, 3.63) is 48.5 Å². The zero-order valence-electron chi connectivity index (χ0n) is 8.97. The van der Waals surface area contributed by atoms with Crippen molar-refractivity contribution in [1.82, 2.24) is 0 Å². The molecule has 0 aliphatic heterocycles. The minimum atomic E-state index is 0.265. The maximum Gasteiger partial charge on any atom is 0.115 e. The van der Waals surface area contributed by atoms with E-state index in [4.69, 9.17) is 4.84 Å². The van der Waals surface area contributed by atoms with E-state index in [0.717, 1.165) is 16.8 Å². The van der Waals surface area contributed by atoms with E-state index in [1.807, 2.05) is 36.4 Å². The van der Waals surface area contributed by atoms with Crippen molar-refractivity contribution in [2.24, 2.45) is 0 Å². The number of phenols is 1. The van der Waals surface area contributed by atoms with Crippen LogP contribution in [0.4, 0.5) is 5.69 Å². The van der Waals surface area contributed by atoms with Gasteiger partial charge in [0, 0.05) is 5.56 Å². The Kier molecular flexibility index (Phi) is 3.08. The van der Waals surface area contributed by atoms with E-state index in [1.54, 1.807) is 19.2 Å². The molecule has 0 atom stereocenters. The third-order valence-electron chi connectivity index (χ3n) is 2.32. The van der Waals surface area contributed by atoms with Crippen LogP contribution in [0.1, 0.15) is 0 Å². The Labute approximate surface area is 94.3 Å². The molecule has 2 N–H and O–H groups in total. The fourth-order valence-electron chi connectivity index (χ4n) is 1.57. The predicted molar refractivity (Wildman–Crippen MR) is 64.2 cm³/mol. The number of benzene rings is 2. The number of anilines is 1. The van der Waals surface area contributed by atoms with Crippen molar-refractivity contribution in [3.63, 3.8) is 0 Å². The molecular formula is C13H13NO2. The highest BCUT2D eigenvalue weighted by Gasteiger charge is 2.03. The lowest BCUT2D eigenvalue weighted by atomic mass is 10.0. The van der Waals surface area contributed by atoms with Crippen LogP contribution in [-0.4, -0.2) is 12.2 Å². The van der Waals surface area contributed by atoms with Gasteiger partial charge in [-0.2, -0.15) is 0 Å². The molecule has 16 heavy (non-hydrogen) atoms. The minimum absolute atomic E-state index is 0.265. The molecule has 82 valence electrons. The van der Waals surface area contributed by atoms with Gasteiger partial charge in [-0.15, -0.1) is 0 Å². The molecule has 3 nitrogen and oxygen atoms in total. The van der Waals surface area contributed by atoms with Crippen molar-refractivity contribution >= 4 is 5.69 Å². The number of para-hydroxylation sites is 1. The molecule has 3 heteroatoms. The summed E-state index contributed by atoms with van der Waals surface area (Å²) in [6.45, 7) is 0. The number of rotatable bonds is 3. The molecule has 0 aliphatic carbocycles. The second kappa shape index (κ2) is 4.68. The largest absolute Gasteiger partial charge is 0.508 e. The Hall–Kier alpha value is -2.00. The van der Waals surface area contributed by atoms with Gasteiger partial charge in [0.05, 0.1) is 12.8 Å². The van der Waals surface area contributed by atoms with E-state index in [2.05, 4.69) is 5.48 Å². The van der Waals surface area contributed by atoms with Crippen LogP contribution in [0, 0.1) is 0 Å². The first kappa shape index (κ1) is 10.5. The van der Waals surface area contributed by atoms with Crippen molar-refractivity contribution in [2.75, 3.05) is 12.6 Å². The first-order valence-electron chi connectivity index (χ1n) is 4.98. The highest BCUT2D eigenvalue weighted by atomic mass is 16.6. The van der Waals surface area contributed by atoms with Crippen LogP contribution in [0.25, 0.3) is 11.1 Å². The van der Waals surface area contributed by atoms with Gasteiger partial charge < -0.3 is 5.11 Å². The molecule has 0 saturated carbocycles. The molecule has 2 aromatic rings. The zero-order valence-corrected chi connectivity index (χ0v) is 8.97. The average Bonchev–Trinajstić information content (AvgIpc) is 2.32. The van der Waals surface area contributed by atoms with E-state index < -0.39 is 0 Å². The Morgan fingerprint density at radius 1 is 1.00 bits per heavy atom. The summed E-state index contributed by atoms with van der Waals surface area (Å²) < 4.78 is 0. The van der Waals surface area contributed by atoms with Crippen LogP contribution >= 0.6 is 0 Å². The molecule has 0 bridgehead atoms. The van der Waals surface area contributed by atoms with Crippen LogP contribution in [-0.2, 0) is 4.84 Å². The first-order chi connectivity index (χ1) is 7.81. The van der Waals surface area contributed by atoms with Crippen LogP contribution in [0.5, 0.6) is 5.75 Å². The third kappa shape index (κ3) is 2.15. The Bertz CT molecular complexity index is 466. The van der Waals surface area contributed by atoms with Crippen LogP contribution in [0.3, 0.4) is 0 Å². The first-order valence-corrected chi connectivity index (χ1v) is 4.98. The van der Waals surface area contributed by atoms with Crippen molar-refractivity contribution in [1.29, 1.82) is 0 Å². The van der Waals surface area contributed by atoms with Crippen molar-refractivity contribution in [3.8, 4) is 16.9 Å². The number of hydrogen-bond acceptors (Lipinski definition) is 3. The maximum atomic E-state index is 9.24. The zero-order chi connectivity index (χ0) is 11.4. The molecule has 0 amide bonds. The van der Waals surface area contributed by atoms with Gasteiger partial charge in [-0.25, -0.2) is 0 Å². The fraction of sp³-hybridized carbons (Fsp3) is 0.0769. The SMILES string of the molecule is CONc1ccccc1-c1ccc(O)cc1. The summed E-state index contributed by atoms with van der Waals surface area (Å²) >= 11 is 0. The lowest BCUT2D eigenvalue weighted by Gasteiger charge is -2.10. The molecule has 2 rings (SSSR count). The summed E-state index contributed by atoms with van der Waals surface area (Å²) in [5.41, 5.74) is 5.78. The Balaban J connectivity index is 2.42. The smallest absolute Gasteiger partial charge is 0.115 e. The molecule has 0 spiro atoms. The van der Waals surface area contributed by atoms with Gasteiger partial charge in [0.25, 0.3) is 0 Å². The summed E-state index contributed by atoms with van der Waals surface area (Å²) in [5.74, 6) is 0.265. The average molecular weight is 215 g/mol. The monoisotopic (exact) mass is 215 g/mol. The van der Waals surface area contributed by atoms with Gasteiger partial charge in [0.2, 0.25) is 0 Å². The molecule has 0 aromatic heterocycles. The molecule has 0 fully saturated rings. The minimum Gasteiger partial charge on any atom is -0.508 e. The summed E-state index contributed by atoms with van der Waals surface area (Å²) in [5, 5.41) is 9.24. The maximum absolute atomic E-state index is 9.24. The van der Waals surface area contributed by atoms with E-state index in [-0.39, 0.29) is 5.75 Å². The number of hydrogen-bond donors (Lipinski definition) is 2. The van der Waals surface area contributed by atoms with Crippen molar-refractivity contribution < 1.29 is 9.94 Å². The van der Waals surface area contributed by atoms with Gasteiger partial charge in [0.15, 0.2) is 0 Å². The topological polar surface area (TPSA) is 41.5 Å². The molecule has 2 aromatic carbocycles. The van der Waals surface area contributed by atoms with Gasteiger partial charge in [-0.3, -0.25) is 10.3 Å². The van der Waals surface area contributed by atoms with E-state index >= 15 is 0 Å². The van der Waals surface area contributed by atoms with Crippen LogP contribution in [0.2, 0.25) is 0 Å². The molecule has 0 radical (unpaired) electrons. The van der Waals surface area contributed by atoms with Gasteiger partial charge in [0.1, 0.15) is 5.75 Å². The predicted octanol–water partition coefficient (Wildman–Crippen LogP) is 3.03. The lowest BCUT2D eigenvalue weighted by molar-refractivity contribution is 0.271. The number of aromatic hydroxyl groups is 1. The highest BCUT2D eigenvalue weighted by molar-refractivity contribution is 5.77. The summed E-state index contributed by atoms with van der Waals surface area (Å²) in [6.07, 6.45) is 0. The molecular weight excluding hydrogens is 202 g/mol. The molecule has 0 saturated heterocycles. The molecule has 0 aliphatic rings. The van der Waals surface area contributed by atoms with Crippen LogP contribution < -0.4 is 5.48 Å². The van der Waals surface area contributed by atoms with Crippen molar-refractivity contribution in [2.45, 2.75) is 0 Å². The second-order valence-corrected chi connectivity index (χ2v) is 3.40. The van der Waals surface area contributed by atoms with Crippen LogP contribution in [0.15, 0.2) is 48.5 Å². The van der Waals surface area contributed by atoms with Gasteiger partial charge in [-0.1, -0.05) is 30.3 Å². The Morgan fingerprint density at radius 3 is 2.38 bits per heavy atom. The number of nitrogens with one attached hydrogen (secondary N) is 1. The Morgan fingerprint density at radius 2 is 1.69 bits per heavy atom. The third-order valence-corrected chi connectivity index (χ3v) is 2.32. The van der Waals surface area contributed by atoms with E-state index in [1.165, 1.54) is 0 Å². The normalized spacial score (nSPS) is 10.1. The number of phenolic OH excluding ortho intramolecular Hbond substituents is 1. The molecule has 0 unspecified atom stereocenters. The van der Waals surface area contributed by atoms with Gasteiger partial charge in [-0.05, 0) is 23.8 Å². The summed E-state index contributed by atoms with van der Waals surface area (Å²) in [6, 6.07) is 14.9. The molecule has 0 heterocycles. The lowest BCUT2D eigenvalue weighted by Crippen LogP contribution is -1.97. The fourth-order valence-corrected chi connectivity index (χ4v) is 1.57. The summed E-state index contributed by atoms with van der Waals surface area (Å²) in [7, 11) is 1.58. The summed E-state index contributed by atoms with van der Waals surface area (Å²) in [4.78, 5) is 4.91.